The van der Waals surface area contributed by atoms with Crippen LogP contribution in [0.5, 0.6) is 0 Å². The highest BCUT2D eigenvalue weighted by atomic mass is 16.5. The minimum absolute atomic E-state index is 0.286. The summed E-state index contributed by atoms with van der Waals surface area (Å²) in [6.45, 7) is 8.53. The highest BCUT2D eigenvalue weighted by Gasteiger charge is 2.24. The Kier molecular flexibility index (Phi) is 4.39. The minimum atomic E-state index is 0.286. The number of ether oxygens (including phenoxy) is 1. The van der Waals surface area contributed by atoms with Crippen LogP contribution in [0.1, 0.15) is 40.0 Å². The second-order valence-corrected chi connectivity index (χ2v) is 5.51. The molecule has 2 nitrogen and oxygen atoms in total. The molecule has 0 heterocycles. The average Bonchev–Trinajstić information content (AvgIpc) is 2.85. The molecule has 0 aromatic rings. The van der Waals surface area contributed by atoms with Gasteiger partial charge in [0, 0.05) is 12.6 Å². The minimum Gasteiger partial charge on any atom is -0.380 e. The lowest BCUT2D eigenvalue weighted by Gasteiger charge is -2.30. The van der Waals surface area contributed by atoms with Gasteiger partial charge in [0.2, 0.25) is 0 Å². The van der Waals surface area contributed by atoms with Crippen molar-refractivity contribution in [2.75, 3.05) is 20.3 Å². The first-order chi connectivity index (χ1) is 6.54. The summed E-state index contributed by atoms with van der Waals surface area (Å²) in [5.74, 6) is 0.984. The smallest absolute Gasteiger partial charge is 0.0624 e. The van der Waals surface area contributed by atoms with E-state index in [2.05, 4.69) is 26.1 Å². The van der Waals surface area contributed by atoms with Gasteiger partial charge in [0.25, 0.3) is 0 Å². The van der Waals surface area contributed by atoms with Crippen molar-refractivity contribution in [3.8, 4) is 0 Å². The van der Waals surface area contributed by atoms with Gasteiger partial charge in [-0.05, 0) is 24.8 Å². The van der Waals surface area contributed by atoms with Crippen molar-refractivity contribution in [1.29, 1.82) is 0 Å². The Bertz CT molecular complexity index is 158. The van der Waals surface area contributed by atoms with Gasteiger partial charge in [-0.25, -0.2) is 0 Å². The standard InChI is InChI=1S/C12H25NO/c1-12(2,3)11(13-4)9-14-8-7-10-5-6-10/h10-11,13H,5-9H2,1-4H3. The number of likely N-dealkylation sites (N-methyl/N-ethyl adjacent to an activating group) is 1. The van der Waals surface area contributed by atoms with Crippen LogP contribution in [-0.2, 0) is 4.74 Å². The molecule has 0 aliphatic heterocycles. The summed E-state index contributed by atoms with van der Waals surface area (Å²) < 4.78 is 5.70. The lowest BCUT2D eigenvalue weighted by molar-refractivity contribution is 0.0750. The van der Waals surface area contributed by atoms with E-state index < -0.39 is 0 Å². The monoisotopic (exact) mass is 199 g/mol. The Morgan fingerprint density at radius 2 is 2.00 bits per heavy atom. The first-order valence-corrected chi connectivity index (χ1v) is 5.79. The Morgan fingerprint density at radius 1 is 1.36 bits per heavy atom. The van der Waals surface area contributed by atoms with Crippen LogP contribution in [0.25, 0.3) is 0 Å². The molecule has 14 heavy (non-hydrogen) atoms. The maximum Gasteiger partial charge on any atom is 0.0624 e. The van der Waals surface area contributed by atoms with Crippen molar-refractivity contribution in [2.45, 2.75) is 46.1 Å². The van der Waals surface area contributed by atoms with Crippen LogP contribution in [0.15, 0.2) is 0 Å². The van der Waals surface area contributed by atoms with E-state index in [9.17, 15) is 0 Å². The van der Waals surface area contributed by atoms with Crippen LogP contribution in [-0.4, -0.2) is 26.3 Å². The fourth-order valence-corrected chi connectivity index (χ4v) is 1.62. The molecule has 0 bridgehead atoms. The van der Waals surface area contributed by atoms with E-state index in [1.54, 1.807) is 0 Å². The summed E-state index contributed by atoms with van der Waals surface area (Å²) in [5, 5.41) is 3.32. The molecule has 1 N–H and O–H groups in total. The average molecular weight is 199 g/mol. The highest BCUT2D eigenvalue weighted by Crippen LogP contribution is 2.32. The van der Waals surface area contributed by atoms with Gasteiger partial charge in [-0.2, -0.15) is 0 Å². The van der Waals surface area contributed by atoms with E-state index in [-0.39, 0.29) is 5.41 Å². The van der Waals surface area contributed by atoms with Gasteiger partial charge in [-0.1, -0.05) is 33.6 Å². The van der Waals surface area contributed by atoms with Crippen molar-refractivity contribution in [2.24, 2.45) is 11.3 Å². The first-order valence-electron chi connectivity index (χ1n) is 5.79. The SMILES string of the molecule is CNC(COCCC1CC1)C(C)(C)C. The van der Waals surface area contributed by atoms with Gasteiger partial charge < -0.3 is 10.1 Å². The molecule has 0 aromatic heterocycles. The Hall–Kier alpha value is -0.0800. The topological polar surface area (TPSA) is 21.3 Å². The second-order valence-electron chi connectivity index (χ2n) is 5.51. The lowest BCUT2D eigenvalue weighted by Crippen LogP contribution is -2.41. The van der Waals surface area contributed by atoms with E-state index >= 15 is 0 Å². The van der Waals surface area contributed by atoms with Crippen LogP contribution >= 0.6 is 0 Å². The first kappa shape index (κ1) is 12.0. The van der Waals surface area contributed by atoms with Gasteiger partial charge >= 0.3 is 0 Å². The molecule has 1 aliphatic rings. The molecule has 84 valence electrons. The molecule has 1 aliphatic carbocycles. The molecule has 1 unspecified atom stereocenters. The van der Waals surface area contributed by atoms with E-state index in [1.165, 1.54) is 19.3 Å². The fourth-order valence-electron chi connectivity index (χ4n) is 1.62. The summed E-state index contributed by atoms with van der Waals surface area (Å²) in [6, 6.07) is 0.460. The summed E-state index contributed by atoms with van der Waals surface area (Å²) in [5.41, 5.74) is 0.286. The summed E-state index contributed by atoms with van der Waals surface area (Å²) in [6.07, 6.45) is 4.12. The summed E-state index contributed by atoms with van der Waals surface area (Å²) in [7, 11) is 2.01. The van der Waals surface area contributed by atoms with Gasteiger partial charge in [-0.3, -0.25) is 0 Å². The van der Waals surface area contributed by atoms with Crippen molar-refractivity contribution >= 4 is 0 Å². The summed E-state index contributed by atoms with van der Waals surface area (Å²) in [4.78, 5) is 0. The zero-order valence-electron chi connectivity index (χ0n) is 10.1. The predicted octanol–water partition coefficient (Wildman–Crippen LogP) is 2.44. The van der Waals surface area contributed by atoms with Gasteiger partial charge in [0.1, 0.15) is 0 Å². The number of rotatable bonds is 6. The third-order valence-corrected chi connectivity index (χ3v) is 3.05. The van der Waals surface area contributed by atoms with Gasteiger partial charge in [-0.15, -0.1) is 0 Å². The zero-order valence-corrected chi connectivity index (χ0v) is 10.1. The largest absolute Gasteiger partial charge is 0.380 e. The van der Waals surface area contributed by atoms with E-state index in [0.29, 0.717) is 6.04 Å². The molecular weight excluding hydrogens is 174 g/mol. The maximum absolute atomic E-state index is 5.70. The van der Waals surface area contributed by atoms with E-state index in [4.69, 9.17) is 4.74 Å². The number of hydrogen-bond acceptors (Lipinski definition) is 2. The Balaban J connectivity index is 2.07. The van der Waals surface area contributed by atoms with Crippen molar-refractivity contribution in [3.05, 3.63) is 0 Å². The normalized spacial score (nSPS) is 19.7. The molecule has 0 radical (unpaired) electrons. The van der Waals surface area contributed by atoms with Gasteiger partial charge in [0.15, 0.2) is 0 Å². The van der Waals surface area contributed by atoms with Crippen LogP contribution < -0.4 is 5.32 Å². The molecular formula is C12H25NO. The van der Waals surface area contributed by atoms with Crippen LogP contribution in [0, 0.1) is 11.3 Å². The van der Waals surface area contributed by atoms with E-state index in [0.717, 1.165) is 19.1 Å². The molecule has 2 heteroatoms. The number of hydrogen-bond donors (Lipinski definition) is 1. The third-order valence-electron chi connectivity index (χ3n) is 3.05. The molecule has 0 aromatic carbocycles. The van der Waals surface area contributed by atoms with Crippen LogP contribution in [0.4, 0.5) is 0 Å². The lowest BCUT2D eigenvalue weighted by atomic mass is 9.87. The Labute approximate surface area is 88.4 Å². The van der Waals surface area contributed by atoms with Crippen molar-refractivity contribution < 1.29 is 4.74 Å². The quantitative estimate of drug-likeness (QED) is 0.663. The predicted molar refractivity (Wildman–Crippen MR) is 60.5 cm³/mol. The summed E-state index contributed by atoms with van der Waals surface area (Å²) >= 11 is 0. The zero-order chi connectivity index (χ0) is 10.6. The van der Waals surface area contributed by atoms with Crippen molar-refractivity contribution in [1.82, 2.24) is 5.32 Å². The van der Waals surface area contributed by atoms with Crippen LogP contribution in [0.3, 0.4) is 0 Å². The molecule has 0 amide bonds. The van der Waals surface area contributed by atoms with E-state index in [1.807, 2.05) is 7.05 Å². The van der Waals surface area contributed by atoms with Gasteiger partial charge in [0.05, 0.1) is 6.61 Å². The molecule has 0 saturated heterocycles. The molecule has 1 fully saturated rings. The fraction of sp³-hybridized carbons (Fsp3) is 1.00. The van der Waals surface area contributed by atoms with Crippen LogP contribution in [0.2, 0.25) is 0 Å². The third kappa shape index (κ3) is 4.43. The van der Waals surface area contributed by atoms with Crippen molar-refractivity contribution in [3.63, 3.8) is 0 Å². The highest BCUT2D eigenvalue weighted by molar-refractivity contribution is 4.79. The molecule has 0 spiro atoms. The Morgan fingerprint density at radius 3 is 2.43 bits per heavy atom. The molecule has 1 rings (SSSR count). The molecule has 1 atom stereocenters. The second kappa shape index (κ2) is 5.13. The maximum atomic E-state index is 5.70. The number of nitrogens with one attached hydrogen (secondary N) is 1. The molecule has 1 saturated carbocycles.